The van der Waals surface area contributed by atoms with E-state index in [1.807, 2.05) is 33.8 Å². The molecule has 1 aromatic rings. The summed E-state index contributed by atoms with van der Waals surface area (Å²) in [7, 11) is 0. The Labute approximate surface area is 213 Å². The molecule has 5 N–H and O–H groups in total. The summed E-state index contributed by atoms with van der Waals surface area (Å²) >= 11 is 0. The number of nitrogens with one attached hydrogen (secondary N) is 1. The summed E-state index contributed by atoms with van der Waals surface area (Å²) in [4.78, 5) is 15.5. The van der Waals surface area contributed by atoms with E-state index in [9.17, 15) is 25.2 Å². The van der Waals surface area contributed by atoms with Crippen LogP contribution in [0.1, 0.15) is 65.0 Å². The van der Waals surface area contributed by atoms with Gasteiger partial charge in [0.25, 0.3) is 5.91 Å². The number of nitrogens with zero attached hydrogens (tertiary/aromatic N) is 1. The van der Waals surface area contributed by atoms with Crippen LogP contribution in [0.25, 0.3) is 0 Å². The topological polar surface area (TPSA) is 122 Å². The van der Waals surface area contributed by atoms with Gasteiger partial charge in [0.1, 0.15) is 5.76 Å². The lowest BCUT2D eigenvalue weighted by Gasteiger charge is -2.59. The fourth-order valence-corrected chi connectivity index (χ4v) is 6.69. The normalized spacial score (nSPS) is 32.9. The maximum Gasteiger partial charge on any atom is 0.250 e. The van der Waals surface area contributed by atoms with Crippen molar-refractivity contribution in [3.63, 3.8) is 0 Å². The Hall–Kier alpha value is -2.29. The zero-order valence-electron chi connectivity index (χ0n) is 22.0. The molecule has 5 rings (SSSR count). The van der Waals surface area contributed by atoms with Crippen LogP contribution in [-0.2, 0) is 16.6 Å². The van der Waals surface area contributed by atoms with Gasteiger partial charge in [0.05, 0.1) is 29.2 Å². The van der Waals surface area contributed by atoms with E-state index >= 15 is 0 Å². The molecular weight excluding hydrogens is 460 g/mol. The van der Waals surface area contributed by atoms with Gasteiger partial charge < -0.3 is 30.5 Å². The van der Waals surface area contributed by atoms with Crippen LogP contribution in [0.3, 0.4) is 0 Å². The van der Waals surface area contributed by atoms with Gasteiger partial charge in [-0.25, -0.2) is 0 Å². The lowest BCUT2D eigenvalue weighted by Crippen LogP contribution is -2.73. The molecule has 0 aromatic heterocycles. The number of fused-ring (bicyclic) bond motifs is 1. The van der Waals surface area contributed by atoms with Gasteiger partial charge in [-0.1, -0.05) is 26.8 Å². The number of phenolic OH excluding ortho intramolecular Hbond substituents is 1. The highest BCUT2D eigenvalue weighted by atomic mass is 16.5. The zero-order chi connectivity index (χ0) is 26.2. The molecule has 2 bridgehead atoms. The number of likely N-dealkylation sites (tertiary alicyclic amines) is 1. The van der Waals surface area contributed by atoms with E-state index in [0.29, 0.717) is 18.8 Å². The Bertz CT molecular complexity index is 1100. The zero-order valence-corrected chi connectivity index (χ0v) is 22.0. The van der Waals surface area contributed by atoms with Crippen molar-refractivity contribution in [3.8, 4) is 11.5 Å². The molecule has 2 heterocycles. The number of carbonyl (C=O) groups is 1. The summed E-state index contributed by atoms with van der Waals surface area (Å²) in [5, 5.41) is 47.1. The first-order valence-corrected chi connectivity index (χ1v) is 13.1. The summed E-state index contributed by atoms with van der Waals surface area (Å²) in [6.07, 6.45) is 2.58. The second-order valence-corrected chi connectivity index (χ2v) is 12.6. The van der Waals surface area contributed by atoms with E-state index < -0.39 is 29.1 Å². The van der Waals surface area contributed by atoms with Gasteiger partial charge in [-0.2, -0.15) is 0 Å². The van der Waals surface area contributed by atoms with Crippen LogP contribution < -0.4 is 10.1 Å². The van der Waals surface area contributed by atoms with Gasteiger partial charge in [0.2, 0.25) is 0 Å². The van der Waals surface area contributed by atoms with Crippen LogP contribution in [0, 0.1) is 11.3 Å². The number of aliphatic hydroxyl groups excluding tert-OH is 2. The number of amides is 1. The molecule has 8 nitrogen and oxygen atoms in total. The van der Waals surface area contributed by atoms with Gasteiger partial charge in [-0.15, -0.1) is 0 Å². The molecule has 0 unspecified atom stereocenters. The third-order valence-corrected chi connectivity index (χ3v) is 9.25. The molecule has 2 fully saturated rings. The minimum absolute atomic E-state index is 0.0340. The van der Waals surface area contributed by atoms with Crippen molar-refractivity contribution >= 4 is 5.91 Å². The molecule has 2 aliphatic heterocycles. The highest BCUT2D eigenvalue weighted by Gasteiger charge is 2.69. The van der Waals surface area contributed by atoms with Crippen molar-refractivity contribution in [2.75, 3.05) is 19.7 Å². The molecule has 36 heavy (non-hydrogen) atoms. The number of aliphatic hydroxyl groups is 3. The van der Waals surface area contributed by atoms with Gasteiger partial charge >= 0.3 is 0 Å². The highest BCUT2D eigenvalue weighted by molar-refractivity contribution is 5.93. The SMILES string of the molecule is C/C(C(=O)N[C@H](CO)C(C)(C)C)=C(/O)[C@@H]1Oc2c(O)ccc3c2[C@@]12CCN(CC1CC1)[C@H](C3)[C@@]2(C)O. The fourth-order valence-electron chi connectivity index (χ4n) is 6.69. The summed E-state index contributed by atoms with van der Waals surface area (Å²) in [5.41, 5.74) is -0.822. The number of carbonyl (C=O) groups excluding carboxylic acids is 1. The molecule has 1 amide bonds. The van der Waals surface area contributed by atoms with E-state index in [1.54, 1.807) is 6.07 Å². The summed E-state index contributed by atoms with van der Waals surface area (Å²) in [6.45, 7) is 10.6. The van der Waals surface area contributed by atoms with Crippen molar-refractivity contribution in [1.82, 2.24) is 10.2 Å². The summed E-state index contributed by atoms with van der Waals surface area (Å²) in [6, 6.07) is 2.84. The Morgan fingerprint density at radius 2 is 2.00 bits per heavy atom. The summed E-state index contributed by atoms with van der Waals surface area (Å²) < 4.78 is 6.27. The van der Waals surface area contributed by atoms with Crippen molar-refractivity contribution in [3.05, 3.63) is 34.6 Å². The third kappa shape index (κ3) is 3.63. The van der Waals surface area contributed by atoms with Crippen LogP contribution >= 0.6 is 0 Å². The first-order chi connectivity index (χ1) is 16.8. The van der Waals surface area contributed by atoms with E-state index in [0.717, 1.165) is 24.2 Å². The lowest BCUT2D eigenvalue weighted by atomic mass is 9.53. The lowest BCUT2D eigenvalue weighted by molar-refractivity contribution is -0.153. The third-order valence-electron chi connectivity index (χ3n) is 9.25. The number of hydrogen-bond acceptors (Lipinski definition) is 7. The van der Waals surface area contributed by atoms with Gasteiger partial charge in [0, 0.05) is 18.2 Å². The van der Waals surface area contributed by atoms with Crippen LogP contribution in [0.5, 0.6) is 11.5 Å². The molecule has 1 saturated carbocycles. The Kier molecular flexibility index (Phi) is 5.89. The second kappa shape index (κ2) is 8.36. The molecule has 1 saturated heterocycles. The van der Waals surface area contributed by atoms with Crippen LogP contribution in [-0.4, -0.2) is 74.7 Å². The molecule has 2 aliphatic carbocycles. The fraction of sp³-hybridized carbons (Fsp3) is 0.679. The van der Waals surface area contributed by atoms with Crippen LogP contribution in [0.2, 0.25) is 0 Å². The smallest absolute Gasteiger partial charge is 0.250 e. The number of benzene rings is 1. The number of piperidine rings is 1. The monoisotopic (exact) mass is 500 g/mol. The highest BCUT2D eigenvalue weighted by Crippen LogP contribution is 2.63. The van der Waals surface area contributed by atoms with Gasteiger partial charge in [-0.05, 0) is 69.0 Å². The van der Waals surface area contributed by atoms with Gasteiger partial charge in [0.15, 0.2) is 17.6 Å². The minimum Gasteiger partial charge on any atom is -0.508 e. The Morgan fingerprint density at radius 1 is 1.31 bits per heavy atom. The number of rotatable bonds is 6. The molecule has 1 spiro atoms. The first kappa shape index (κ1) is 25.4. The quantitative estimate of drug-likeness (QED) is 0.301. The van der Waals surface area contributed by atoms with E-state index in [-0.39, 0.29) is 40.9 Å². The van der Waals surface area contributed by atoms with E-state index in [1.165, 1.54) is 19.8 Å². The largest absolute Gasteiger partial charge is 0.508 e. The summed E-state index contributed by atoms with van der Waals surface area (Å²) in [5.74, 6) is 0.169. The molecule has 1 aromatic carbocycles. The standard InChI is InChI=1S/C28H40N2O6/c1-15(25(34)29-19(14-31)26(2,3)4)22(33)24-28-10-11-30(13-16-6-7-16)20(27(28,5)35)12-17-8-9-18(32)23(36-24)21(17)28/h8-9,16,19-20,24,31-33,35H,6-7,10-14H2,1-5H3,(H,29,34)/b22-15-/t19-,20-,24+,27-,28+/m1/s1. The Balaban J connectivity index is 1.57. The molecule has 8 heteroatoms. The van der Waals surface area contributed by atoms with E-state index in [4.69, 9.17) is 4.74 Å². The van der Waals surface area contributed by atoms with Crippen molar-refractivity contribution < 1.29 is 30.0 Å². The maximum atomic E-state index is 13.2. The number of ether oxygens (including phenoxy) is 1. The average Bonchev–Trinajstić information content (AvgIpc) is 3.54. The van der Waals surface area contributed by atoms with Crippen molar-refractivity contribution in [1.29, 1.82) is 0 Å². The number of hydrogen-bond donors (Lipinski definition) is 5. The first-order valence-electron chi connectivity index (χ1n) is 13.1. The maximum absolute atomic E-state index is 13.2. The van der Waals surface area contributed by atoms with Crippen LogP contribution in [0.15, 0.2) is 23.5 Å². The van der Waals surface area contributed by atoms with Crippen LogP contribution in [0.4, 0.5) is 0 Å². The molecular formula is C28H40N2O6. The van der Waals surface area contributed by atoms with E-state index in [2.05, 4.69) is 10.2 Å². The predicted molar refractivity (Wildman–Crippen MR) is 135 cm³/mol. The van der Waals surface area contributed by atoms with Crippen molar-refractivity contribution in [2.45, 2.75) is 89.5 Å². The average molecular weight is 501 g/mol. The minimum atomic E-state index is -1.26. The molecule has 0 radical (unpaired) electrons. The number of aromatic hydroxyl groups is 1. The predicted octanol–water partition coefficient (Wildman–Crippen LogP) is 2.54. The van der Waals surface area contributed by atoms with Crippen molar-refractivity contribution in [2.24, 2.45) is 11.3 Å². The number of phenols is 1. The molecule has 5 atom stereocenters. The Morgan fingerprint density at radius 3 is 2.61 bits per heavy atom. The second-order valence-electron chi connectivity index (χ2n) is 12.6. The van der Waals surface area contributed by atoms with Gasteiger partial charge in [-0.3, -0.25) is 9.69 Å². The molecule has 198 valence electrons. The molecule has 4 aliphatic rings.